The van der Waals surface area contributed by atoms with Crippen LogP contribution in [-0.2, 0) is 4.79 Å². The van der Waals surface area contributed by atoms with Crippen LogP contribution in [0.5, 0.6) is 0 Å². The third-order valence-corrected chi connectivity index (χ3v) is 4.94. The third-order valence-electron chi connectivity index (χ3n) is 4.94. The van der Waals surface area contributed by atoms with E-state index >= 15 is 0 Å². The first-order chi connectivity index (χ1) is 9.58. The summed E-state index contributed by atoms with van der Waals surface area (Å²) in [4.78, 5) is 14.6. The van der Waals surface area contributed by atoms with Crippen LogP contribution in [0.4, 0.5) is 0 Å². The fourth-order valence-corrected chi connectivity index (χ4v) is 3.42. The molecule has 3 unspecified atom stereocenters. The van der Waals surface area contributed by atoms with E-state index in [0.29, 0.717) is 12.0 Å². The van der Waals surface area contributed by atoms with Crippen LogP contribution < -0.4 is 5.32 Å². The molecule has 0 aromatic heterocycles. The Kier molecular flexibility index (Phi) is 3.55. The van der Waals surface area contributed by atoms with Gasteiger partial charge in [0, 0.05) is 6.04 Å². The van der Waals surface area contributed by atoms with Gasteiger partial charge >= 0.3 is 0 Å². The lowest BCUT2D eigenvalue weighted by molar-refractivity contribution is -0.133. The number of nitrogens with one attached hydrogen (secondary N) is 1. The molecule has 0 bridgehead atoms. The lowest BCUT2D eigenvalue weighted by Crippen LogP contribution is -2.44. The zero-order valence-electron chi connectivity index (χ0n) is 12.6. The van der Waals surface area contributed by atoms with Crippen molar-refractivity contribution in [1.82, 2.24) is 10.2 Å². The molecule has 1 aromatic rings. The average molecular weight is 272 g/mol. The van der Waals surface area contributed by atoms with Crippen LogP contribution in [0.1, 0.15) is 50.4 Å². The smallest absolute Gasteiger partial charge is 0.241 e. The van der Waals surface area contributed by atoms with E-state index in [1.54, 1.807) is 0 Å². The first-order valence-electron chi connectivity index (χ1n) is 7.72. The lowest BCUT2D eigenvalue weighted by Gasteiger charge is -2.40. The highest BCUT2D eigenvalue weighted by molar-refractivity contribution is 5.84. The Morgan fingerprint density at radius 3 is 2.70 bits per heavy atom. The standard InChI is InChI=1S/C17H24N2O/c1-11-6-4-9-15(10-11)16-18-12(2)17(20)19(16)13(3)14-7-5-8-14/h4,6,9-10,12-14,16,18H,5,7-8H2,1-3H3. The molecular weight excluding hydrogens is 248 g/mol. The van der Waals surface area contributed by atoms with Gasteiger partial charge in [0.1, 0.15) is 6.17 Å². The summed E-state index contributed by atoms with van der Waals surface area (Å²) in [6.45, 7) is 6.28. The summed E-state index contributed by atoms with van der Waals surface area (Å²) in [5.41, 5.74) is 2.45. The molecule has 0 spiro atoms. The van der Waals surface area contributed by atoms with Crippen LogP contribution in [0.25, 0.3) is 0 Å². The van der Waals surface area contributed by atoms with Crippen LogP contribution in [0.3, 0.4) is 0 Å². The van der Waals surface area contributed by atoms with Crippen molar-refractivity contribution in [2.45, 2.75) is 58.3 Å². The van der Waals surface area contributed by atoms with Gasteiger partial charge < -0.3 is 4.90 Å². The van der Waals surface area contributed by atoms with Crippen molar-refractivity contribution in [2.24, 2.45) is 5.92 Å². The number of hydrogen-bond acceptors (Lipinski definition) is 2. The van der Waals surface area contributed by atoms with Gasteiger partial charge in [-0.3, -0.25) is 10.1 Å². The highest BCUT2D eigenvalue weighted by Crippen LogP contribution is 2.37. The summed E-state index contributed by atoms with van der Waals surface area (Å²) in [7, 11) is 0. The van der Waals surface area contributed by atoms with Crippen molar-refractivity contribution in [3.63, 3.8) is 0 Å². The number of carbonyl (C=O) groups excluding carboxylic acids is 1. The van der Waals surface area contributed by atoms with E-state index in [-0.39, 0.29) is 18.1 Å². The highest BCUT2D eigenvalue weighted by atomic mass is 16.2. The largest absolute Gasteiger partial charge is 0.319 e. The first-order valence-corrected chi connectivity index (χ1v) is 7.72. The van der Waals surface area contributed by atoms with E-state index < -0.39 is 0 Å². The summed E-state index contributed by atoms with van der Waals surface area (Å²) in [5.74, 6) is 0.925. The number of hydrogen-bond donors (Lipinski definition) is 1. The van der Waals surface area contributed by atoms with Crippen LogP contribution in [0.15, 0.2) is 24.3 Å². The zero-order valence-corrected chi connectivity index (χ0v) is 12.6. The van der Waals surface area contributed by atoms with E-state index in [9.17, 15) is 4.79 Å². The Hall–Kier alpha value is -1.35. The van der Waals surface area contributed by atoms with E-state index in [1.807, 2.05) is 6.92 Å². The molecule has 1 amide bonds. The Balaban J connectivity index is 1.89. The number of carbonyl (C=O) groups is 1. The molecule has 0 radical (unpaired) electrons. The molecule has 2 aliphatic rings. The van der Waals surface area contributed by atoms with Crippen molar-refractivity contribution in [3.05, 3.63) is 35.4 Å². The average Bonchev–Trinajstić information content (AvgIpc) is 2.64. The number of amides is 1. The minimum absolute atomic E-state index is 0.0352. The van der Waals surface area contributed by atoms with Crippen molar-refractivity contribution < 1.29 is 4.79 Å². The number of nitrogens with zero attached hydrogens (tertiary/aromatic N) is 1. The number of rotatable bonds is 3. The van der Waals surface area contributed by atoms with Gasteiger partial charge in [0.2, 0.25) is 5.91 Å². The molecule has 1 aliphatic heterocycles. The Morgan fingerprint density at radius 2 is 2.10 bits per heavy atom. The van der Waals surface area contributed by atoms with E-state index in [0.717, 1.165) is 0 Å². The SMILES string of the molecule is Cc1cccc(C2NC(C)C(=O)N2C(C)C2CCC2)c1. The molecule has 108 valence electrons. The zero-order chi connectivity index (χ0) is 14.3. The predicted molar refractivity (Wildman–Crippen MR) is 80.2 cm³/mol. The predicted octanol–water partition coefficient (Wildman–Crippen LogP) is 3.00. The van der Waals surface area contributed by atoms with Gasteiger partial charge in [-0.05, 0) is 45.1 Å². The van der Waals surface area contributed by atoms with E-state index in [1.165, 1.54) is 30.4 Å². The minimum Gasteiger partial charge on any atom is -0.319 e. The van der Waals surface area contributed by atoms with Gasteiger partial charge in [0.15, 0.2) is 0 Å². The topological polar surface area (TPSA) is 32.3 Å². The van der Waals surface area contributed by atoms with Crippen molar-refractivity contribution >= 4 is 5.91 Å². The summed E-state index contributed by atoms with van der Waals surface area (Å²) >= 11 is 0. The van der Waals surface area contributed by atoms with Gasteiger partial charge in [0.05, 0.1) is 6.04 Å². The second-order valence-corrected chi connectivity index (χ2v) is 6.38. The normalized spacial score (nSPS) is 28.6. The van der Waals surface area contributed by atoms with Crippen molar-refractivity contribution in [2.75, 3.05) is 0 Å². The maximum atomic E-state index is 12.5. The number of benzene rings is 1. The van der Waals surface area contributed by atoms with E-state index in [4.69, 9.17) is 0 Å². The highest BCUT2D eigenvalue weighted by Gasteiger charge is 2.42. The van der Waals surface area contributed by atoms with Gasteiger partial charge in [-0.25, -0.2) is 0 Å². The maximum absolute atomic E-state index is 12.5. The molecule has 1 N–H and O–H groups in total. The summed E-state index contributed by atoms with van der Waals surface area (Å²) < 4.78 is 0. The molecule has 2 fully saturated rings. The molecule has 1 saturated heterocycles. The Bertz CT molecular complexity index is 509. The number of aryl methyl sites for hydroxylation is 1. The summed E-state index contributed by atoms with van der Waals surface area (Å²) in [6.07, 6.45) is 3.88. The second kappa shape index (κ2) is 5.21. The van der Waals surface area contributed by atoms with Gasteiger partial charge in [0.25, 0.3) is 0 Å². The van der Waals surface area contributed by atoms with Crippen molar-refractivity contribution in [1.29, 1.82) is 0 Å². The van der Waals surface area contributed by atoms with Gasteiger partial charge in [-0.1, -0.05) is 36.2 Å². The fraction of sp³-hybridized carbons (Fsp3) is 0.588. The molecule has 20 heavy (non-hydrogen) atoms. The Labute approximate surface area is 121 Å². The summed E-state index contributed by atoms with van der Waals surface area (Å²) in [5, 5.41) is 3.46. The van der Waals surface area contributed by atoms with Crippen LogP contribution in [0, 0.1) is 12.8 Å². The first kappa shape index (κ1) is 13.6. The Morgan fingerprint density at radius 1 is 1.35 bits per heavy atom. The van der Waals surface area contributed by atoms with Gasteiger partial charge in [-0.15, -0.1) is 0 Å². The lowest BCUT2D eigenvalue weighted by atomic mass is 9.79. The third kappa shape index (κ3) is 2.24. The maximum Gasteiger partial charge on any atom is 0.241 e. The fourth-order valence-electron chi connectivity index (χ4n) is 3.42. The van der Waals surface area contributed by atoms with Crippen LogP contribution in [-0.4, -0.2) is 22.9 Å². The van der Waals surface area contributed by atoms with Crippen molar-refractivity contribution in [3.8, 4) is 0 Å². The monoisotopic (exact) mass is 272 g/mol. The van der Waals surface area contributed by atoms with Crippen LogP contribution in [0.2, 0.25) is 0 Å². The summed E-state index contributed by atoms with van der Waals surface area (Å²) in [6, 6.07) is 8.73. The molecular formula is C17H24N2O. The minimum atomic E-state index is -0.0805. The molecule has 1 aromatic carbocycles. The van der Waals surface area contributed by atoms with Gasteiger partial charge in [-0.2, -0.15) is 0 Å². The molecule has 1 heterocycles. The molecule has 1 aliphatic carbocycles. The molecule has 3 atom stereocenters. The van der Waals surface area contributed by atoms with E-state index in [2.05, 4.69) is 48.3 Å². The quantitative estimate of drug-likeness (QED) is 0.917. The molecule has 3 rings (SSSR count). The molecule has 3 heteroatoms. The van der Waals surface area contributed by atoms with Crippen LogP contribution >= 0.6 is 0 Å². The second-order valence-electron chi connectivity index (χ2n) is 6.38. The molecule has 1 saturated carbocycles. The molecule has 3 nitrogen and oxygen atoms in total.